The van der Waals surface area contributed by atoms with E-state index in [0.717, 1.165) is 12.0 Å². The third-order valence-corrected chi connectivity index (χ3v) is 3.49. The summed E-state index contributed by atoms with van der Waals surface area (Å²) in [6.45, 7) is 6.86. The summed E-state index contributed by atoms with van der Waals surface area (Å²) >= 11 is 0. The largest absolute Gasteiger partial charge is 0.504 e. The van der Waals surface area contributed by atoms with Gasteiger partial charge in [0.1, 0.15) is 0 Å². The zero-order chi connectivity index (χ0) is 12.2. The number of hydrogen-bond acceptors (Lipinski definition) is 2. The third-order valence-electron chi connectivity index (χ3n) is 2.26. The SMILES string of the molecule is COc1cccc(C/C=C/[Si](C)(C)C)c1O. The molecule has 1 rings (SSSR count). The molecule has 0 fully saturated rings. The first kappa shape index (κ1) is 12.8. The van der Waals surface area contributed by atoms with E-state index in [-0.39, 0.29) is 5.75 Å². The molecule has 0 unspecified atom stereocenters. The Balaban J connectivity index is 2.79. The van der Waals surface area contributed by atoms with Crippen LogP contribution in [-0.2, 0) is 6.42 Å². The molecule has 88 valence electrons. The van der Waals surface area contributed by atoms with E-state index in [0.29, 0.717) is 5.75 Å². The van der Waals surface area contributed by atoms with Crippen molar-refractivity contribution in [1.29, 1.82) is 0 Å². The van der Waals surface area contributed by atoms with Crippen LogP contribution in [-0.4, -0.2) is 20.3 Å². The van der Waals surface area contributed by atoms with Crippen LogP contribution in [0.2, 0.25) is 19.6 Å². The quantitative estimate of drug-likeness (QED) is 0.812. The minimum atomic E-state index is -1.14. The van der Waals surface area contributed by atoms with E-state index in [2.05, 4.69) is 31.4 Å². The summed E-state index contributed by atoms with van der Waals surface area (Å²) in [5.74, 6) is 0.795. The zero-order valence-electron chi connectivity index (χ0n) is 10.4. The van der Waals surface area contributed by atoms with Crippen LogP contribution in [0, 0.1) is 0 Å². The van der Waals surface area contributed by atoms with Gasteiger partial charge in [0, 0.05) is 5.56 Å². The van der Waals surface area contributed by atoms with Crippen LogP contribution >= 0.6 is 0 Å². The highest BCUT2D eigenvalue weighted by molar-refractivity contribution is 6.80. The van der Waals surface area contributed by atoms with E-state index in [9.17, 15) is 5.11 Å². The molecule has 0 saturated heterocycles. The first-order valence-corrected chi connectivity index (χ1v) is 9.04. The monoisotopic (exact) mass is 236 g/mol. The summed E-state index contributed by atoms with van der Waals surface area (Å²) in [6, 6.07) is 5.59. The van der Waals surface area contributed by atoms with Crippen molar-refractivity contribution in [1.82, 2.24) is 0 Å². The Hall–Kier alpha value is -1.22. The summed E-state index contributed by atoms with van der Waals surface area (Å²) in [5.41, 5.74) is 3.19. The highest BCUT2D eigenvalue weighted by Crippen LogP contribution is 2.29. The van der Waals surface area contributed by atoms with Crippen molar-refractivity contribution < 1.29 is 9.84 Å². The molecule has 0 bridgehead atoms. The topological polar surface area (TPSA) is 29.5 Å². The van der Waals surface area contributed by atoms with Crippen molar-refractivity contribution in [3.63, 3.8) is 0 Å². The number of benzene rings is 1. The molecule has 0 aromatic heterocycles. The average Bonchev–Trinajstić information content (AvgIpc) is 2.19. The predicted molar refractivity (Wildman–Crippen MR) is 70.8 cm³/mol. The van der Waals surface area contributed by atoms with Gasteiger partial charge < -0.3 is 9.84 Å². The van der Waals surface area contributed by atoms with Crippen LogP contribution in [0.3, 0.4) is 0 Å². The van der Waals surface area contributed by atoms with E-state index in [4.69, 9.17) is 4.74 Å². The van der Waals surface area contributed by atoms with Crippen LogP contribution in [0.15, 0.2) is 30.0 Å². The fourth-order valence-electron chi connectivity index (χ4n) is 1.44. The van der Waals surface area contributed by atoms with Crippen molar-refractivity contribution in [3.8, 4) is 11.5 Å². The van der Waals surface area contributed by atoms with Gasteiger partial charge in [0.2, 0.25) is 0 Å². The number of para-hydroxylation sites is 1. The number of allylic oxidation sites excluding steroid dienone is 1. The Kier molecular flexibility index (Phi) is 4.18. The predicted octanol–water partition coefficient (Wildman–Crippen LogP) is 3.38. The van der Waals surface area contributed by atoms with Crippen LogP contribution < -0.4 is 4.74 Å². The maximum atomic E-state index is 9.87. The molecule has 0 aliphatic heterocycles. The summed E-state index contributed by atoms with van der Waals surface area (Å²) in [5, 5.41) is 9.87. The van der Waals surface area contributed by atoms with E-state index < -0.39 is 8.07 Å². The Labute approximate surface area is 98.6 Å². The van der Waals surface area contributed by atoms with E-state index in [1.807, 2.05) is 12.1 Å². The fraction of sp³-hybridized carbons (Fsp3) is 0.385. The van der Waals surface area contributed by atoms with Crippen molar-refractivity contribution in [2.45, 2.75) is 26.1 Å². The number of methoxy groups -OCH3 is 1. The Morgan fingerprint density at radius 3 is 2.56 bits per heavy atom. The van der Waals surface area contributed by atoms with Crippen molar-refractivity contribution in [2.24, 2.45) is 0 Å². The highest BCUT2D eigenvalue weighted by atomic mass is 28.3. The molecular weight excluding hydrogens is 216 g/mol. The van der Waals surface area contributed by atoms with E-state index in [1.54, 1.807) is 13.2 Å². The molecule has 0 aliphatic rings. The molecule has 0 spiro atoms. The zero-order valence-corrected chi connectivity index (χ0v) is 11.4. The van der Waals surface area contributed by atoms with Gasteiger partial charge in [-0.15, -0.1) is 0 Å². The van der Waals surface area contributed by atoms with Crippen molar-refractivity contribution in [3.05, 3.63) is 35.5 Å². The molecule has 0 aliphatic carbocycles. The lowest BCUT2D eigenvalue weighted by molar-refractivity contribution is 0.371. The summed E-state index contributed by atoms with van der Waals surface area (Å²) in [4.78, 5) is 0. The van der Waals surface area contributed by atoms with Gasteiger partial charge in [-0.05, 0) is 12.5 Å². The Morgan fingerprint density at radius 2 is 2.00 bits per heavy atom. The van der Waals surface area contributed by atoms with Crippen molar-refractivity contribution in [2.75, 3.05) is 7.11 Å². The maximum Gasteiger partial charge on any atom is 0.161 e. The molecule has 16 heavy (non-hydrogen) atoms. The molecule has 0 radical (unpaired) electrons. The lowest BCUT2D eigenvalue weighted by Gasteiger charge is -2.09. The smallest absolute Gasteiger partial charge is 0.161 e. The van der Waals surface area contributed by atoms with Crippen LogP contribution in [0.5, 0.6) is 11.5 Å². The number of phenols is 1. The molecule has 0 heterocycles. The summed E-state index contributed by atoms with van der Waals surface area (Å²) in [7, 11) is 0.422. The lowest BCUT2D eigenvalue weighted by Crippen LogP contribution is -2.15. The summed E-state index contributed by atoms with van der Waals surface area (Å²) in [6.07, 6.45) is 2.90. The molecule has 0 amide bonds. The first-order valence-electron chi connectivity index (χ1n) is 5.46. The highest BCUT2D eigenvalue weighted by Gasteiger charge is 2.08. The number of hydrogen-bond donors (Lipinski definition) is 1. The molecular formula is C13H20O2Si. The molecule has 0 atom stereocenters. The number of aromatic hydroxyl groups is 1. The number of rotatable bonds is 4. The van der Waals surface area contributed by atoms with Gasteiger partial charge in [-0.2, -0.15) is 0 Å². The van der Waals surface area contributed by atoms with Gasteiger partial charge in [-0.1, -0.05) is 43.5 Å². The molecule has 0 saturated carbocycles. The van der Waals surface area contributed by atoms with Crippen LogP contribution in [0.25, 0.3) is 0 Å². The van der Waals surface area contributed by atoms with Crippen LogP contribution in [0.1, 0.15) is 5.56 Å². The normalized spacial score (nSPS) is 12.0. The Bertz CT molecular complexity index is 378. The van der Waals surface area contributed by atoms with Gasteiger partial charge in [0.25, 0.3) is 0 Å². The number of ether oxygens (including phenoxy) is 1. The molecule has 2 nitrogen and oxygen atoms in total. The fourth-order valence-corrected chi connectivity index (χ4v) is 2.26. The Morgan fingerprint density at radius 1 is 1.31 bits per heavy atom. The maximum absolute atomic E-state index is 9.87. The standard InChI is InChI=1S/C13H20O2Si/c1-15-12-9-5-7-11(13(12)14)8-6-10-16(2,3)4/h5-7,9-10,14H,8H2,1-4H3/b10-6+. The van der Waals surface area contributed by atoms with Crippen molar-refractivity contribution >= 4 is 8.07 Å². The second-order valence-corrected chi connectivity index (χ2v) is 10.0. The summed E-state index contributed by atoms with van der Waals surface area (Å²) < 4.78 is 5.07. The van der Waals surface area contributed by atoms with Gasteiger partial charge in [0.05, 0.1) is 15.2 Å². The molecule has 1 aromatic rings. The third kappa shape index (κ3) is 3.74. The molecule has 1 N–H and O–H groups in total. The van der Waals surface area contributed by atoms with E-state index >= 15 is 0 Å². The van der Waals surface area contributed by atoms with Gasteiger partial charge in [-0.25, -0.2) is 0 Å². The molecule has 3 heteroatoms. The average molecular weight is 236 g/mol. The van der Waals surface area contributed by atoms with Gasteiger partial charge >= 0.3 is 0 Å². The molecule has 1 aromatic carbocycles. The second kappa shape index (κ2) is 5.21. The van der Waals surface area contributed by atoms with Gasteiger partial charge in [0.15, 0.2) is 11.5 Å². The minimum absolute atomic E-state index is 0.255. The minimum Gasteiger partial charge on any atom is -0.504 e. The second-order valence-electron chi connectivity index (χ2n) is 4.94. The van der Waals surface area contributed by atoms with E-state index in [1.165, 1.54) is 0 Å². The van der Waals surface area contributed by atoms with Crippen LogP contribution in [0.4, 0.5) is 0 Å². The first-order chi connectivity index (χ1) is 7.44. The number of phenolic OH excluding ortho intramolecular Hbond substituents is 1. The van der Waals surface area contributed by atoms with Gasteiger partial charge in [-0.3, -0.25) is 0 Å². The lowest BCUT2D eigenvalue weighted by atomic mass is 10.1.